The van der Waals surface area contributed by atoms with Crippen molar-refractivity contribution in [2.24, 2.45) is 0 Å². The maximum absolute atomic E-state index is 11.7. The summed E-state index contributed by atoms with van der Waals surface area (Å²) in [6, 6.07) is 1.06. The number of carbonyl (C=O) groups is 1. The van der Waals surface area contributed by atoms with Crippen molar-refractivity contribution in [2.45, 2.75) is 57.5 Å². The first-order valence-electron chi connectivity index (χ1n) is 6.28. The molecule has 0 aromatic carbocycles. The van der Waals surface area contributed by atoms with Crippen molar-refractivity contribution in [3.63, 3.8) is 0 Å². The zero-order chi connectivity index (χ0) is 10.7. The van der Waals surface area contributed by atoms with E-state index in [0.29, 0.717) is 12.1 Å². The topological polar surface area (TPSA) is 32.3 Å². The molecule has 2 aliphatic rings. The molecule has 1 N–H and O–H groups in total. The number of hydrogen-bond donors (Lipinski definition) is 1. The summed E-state index contributed by atoms with van der Waals surface area (Å²) in [5, 5.41) is 3.41. The maximum atomic E-state index is 11.7. The number of rotatable bonds is 2. The number of nitrogens with zero attached hydrogens (tertiary/aromatic N) is 1. The van der Waals surface area contributed by atoms with E-state index in [1.54, 1.807) is 6.92 Å². The highest BCUT2D eigenvalue weighted by Gasteiger charge is 2.32. The standard InChI is InChI=1S/C12H22N2O/c1-10(15)14(11-4-2-5-11)12-6-3-8-13-9-7-12/h11-13H,2-9H2,1H3/t12-/m1/s1. The highest BCUT2D eigenvalue weighted by atomic mass is 16.2. The van der Waals surface area contributed by atoms with Crippen LogP contribution in [-0.2, 0) is 4.79 Å². The molecule has 2 rings (SSSR count). The fourth-order valence-electron chi connectivity index (χ4n) is 2.76. The van der Waals surface area contributed by atoms with Gasteiger partial charge in [-0.05, 0) is 51.6 Å². The fourth-order valence-corrected chi connectivity index (χ4v) is 2.76. The molecule has 0 aromatic heterocycles. The summed E-state index contributed by atoms with van der Waals surface area (Å²) < 4.78 is 0. The van der Waals surface area contributed by atoms with Gasteiger partial charge >= 0.3 is 0 Å². The molecule has 3 nitrogen and oxygen atoms in total. The predicted molar refractivity (Wildman–Crippen MR) is 60.7 cm³/mol. The van der Waals surface area contributed by atoms with Gasteiger partial charge < -0.3 is 10.2 Å². The van der Waals surface area contributed by atoms with E-state index in [1.807, 2.05) is 0 Å². The lowest BCUT2D eigenvalue weighted by Gasteiger charge is -2.42. The van der Waals surface area contributed by atoms with Crippen molar-refractivity contribution in [1.29, 1.82) is 0 Å². The molecule has 1 aliphatic carbocycles. The summed E-state index contributed by atoms with van der Waals surface area (Å²) in [7, 11) is 0. The van der Waals surface area contributed by atoms with Crippen molar-refractivity contribution >= 4 is 5.91 Å². The molecule has 0 aromatic rings. The molecule has 86 valence electrons. The first kappa shape index (κ1) is 10.9. The predicted octanol–water partition coefficient (Wildman–Crippen LogP) is 1.53. The molecule has 1 heterocycles. The Bertz CT molecular complexity index is 218. The SMILES string of the molecule is CC(=O)N(C1CCC1)[C@@H]1CCCNCC1. The van der Waals surface area contributed by atoms with E-state index in [4.69, 9.17) is 0 Å². The minimum absolute atomic E-state index is 0.284. The quantitative estimate of drug-likeness (QED) is 0.749. The van der Waals surface area contributed by atoms with Gasteiger partial charge in [-0.25, -0.2) is 0 Å². The van der Waals surface area contributed by atoms with E-state index >= 15 is 0 Å². The lowest BCUT2D eigenvalue weighted by Crippen LogP contribution is -2.49. The molecule has 0 spiro atoms. The smallest absolute Gasteiger partial charge is 0.219 e. The van der Waals surface area contributed by atoms with Gasteiger partial charge in [0.15, 0.2) is 0 Å². The second-order valence-corrected chi connectivity index (χ2v) is 4.85. The summed E-state index contributed by atoms with van der Waals surface area (Å²) in [6.07, 6.45) is 7.28. The van der Waals surface area contributed by atoms with E-state index in [1.165, 1.54) is 32.1 Å². The first-order valence-corrected chi connectivity index (χ1v) is 6.28. The molecule has 1 amide bonds. The second-order valence-electron chi connectivity index (χ2n) is 4.85. The van der Waals surface area contributed by atoms with Crippen LogP contribution >= 0.6 is 0 Å². The lowest BCUT2D eigenvalue weighted by atomic mass is 9.89. The van der Waals surface area contributed by atoms with E-state index in [9.17, 15) is 4.79 Å². The molecule has 0 bridgehead atoms. The number of carbonyl (C=O) groups excluding carboxylic acids is 1. The first-order chi connectivity index (χ1) is 7.29. The van der Waals surface area contributed by atoms with E-state index in [-0.39, 0.29) is 5.91 Å². The lowest BCUT2D eigenvalue weighted by molar-refractivity contribution is -0.136. The molecule has 0 radical (unpaired) electrons. The summed E-state index contributed by atoms with van der Waals surface area (Å²) in [6.45, 7) is 3.92. The van der Waals surface area contributed by atoms with Crippen LogP contribution in [0.3, 0.4) is 0 Å². The molecule has 3 heteroatoms. The summed E-state index contributed by atoms with van der Waals surface area (Å²) in [4.78, 5) is 13.9. The largest absolute Gasteiger partial charge is 0.337 e. The second kappa shape index (κ2) is 4.97. The van der Waals surface area contributed by atoms with Gasteiger partial charge in [-0.3, -0.25) is 4.79 Å². The Hall–Kier alpha value is -0.570. The molecule has 1 atom stereocenters. The van der Waals surface area contributed by atoms with Crippen LogP contribution in [0.4, 0.5) is 0 Å². The summed E-state index contributed by atoms with van der Waals surface area (Å²) in [5.74, 6) is 0.284. The van der Waals surface area contributed by atoms with Crippen LogP contribution in [0.1, 0.15) is 45.4 Å². The highest BCUT2D eigenvalue weighted by Crippen LogP contribution is 2.29. The van der Waals surface area contributed by atoms with Gasteiger partial charge in [0.2, 0.25) is 5.91 Å². The van der Waals surface area contributed by atoms with Crippen molar-refractivity contribution in [2.75, 3.05) is 13.1 Å². The molecular weight excluding hydrogens is 188 g/mol. The van der Waals surface area contributed by atoms with Crippen LogP contribution in [-0.4, -0.2) is 36.0 Å². The van der Waals surface area contributed by atoms with Gasteiger partial charge in [0.25, 0.3) is 0 Å². The molecule has 0 unspecified atom stereocenters. The van der Waals surface area contributed by atoms with Crippen molar-refractivity contribution in [3.05, 3.63) is 0 Å². The van der Waals surface area contributed by atoms with E-state index in [0.717, 1.165) is 19.5 Å². The average molecular weight is 210 g/mol. The third-order valence-electron chi connectivity index (χ3n) is 3.77. The van der Waals surface area contributed by atoms with Crippen molar-refractivity contribution < 1.29 is 4.79 Å². The zero-order valence-electron chi connectivity index (χ0n) is 9.67. The Kier molecular flexibility index (Phi) is 3.62. The average Bonchev–Trinajstić information content (AvgIpc) is 2.38. The van der Waals surface area contributed by atoms with Crippen LogP contribution in [0.5, 0.6) is 0 Å². The van der Waals surface area contributed by atoms with Crippen LogP contribution in [0.15, 0.2) is 0 Å². The van der Waals surface area contributed by atoms with Gasteiger partial charge in [-0.2, -0.15) is 0 Å². The summed E-state index contributed by atoms with van der Waals surface area (Å²) in [5.41, 5.74) is 0. The molecule has 2 fully saturated rings. The number of amides is 1. The Morgan fingerprint density at radius 2 is 1.73 bits per heavy atom. The summed E-state index contributed by atoms with van der Waals surface area (Å²) >= 11 is 0. The van der Waals surface area contributed by atoms with Crippen LogP contribution < -0.4 is 5.32 Å². The van der Waals surface area contributed by atoms with Crippen molar-refractivity contribution in [1.82, 2.24) is 10.2 Å². The van der Waals surface area contributed by atoms with E-state index in [2.05, 4.69) is 10.2 Å². The van der Waals surface area contributed by atoms with E-state index < -0.39 is 0 Å². The van der Waals surface area contributed by atoms with Crippen LogP contribution in [0.2, 0.25) is 0 Å². The minimum atomic E-state index is 0.284. The maximum Gasteiger partial charge on any atom is 0.219 e. The monoisotopic (exact) mass is 210 g/mol. The third-order valence-corrected chi connectivity index (χ3v) is 3.77. The molecule has 1 aliphatic heterocycles. The van der Waals surface area contributed by atoms with Gasteiger partial charge in [-0.15, -0.1) is 0 Å². The number of hydrogen-bond acceptors (Lipinski definition) is 2. The normalized spacial score (nSPS) is 27.9. The van der Waals surface area contributed by atoms with Gasteiger partial charge in [0.05, 0.1) is 0 Å². The van der Waals surface area contributed by atoms with Gasteiger partial charge in [0, 0.05) is 19.0 Å². The van der Waals surface area contributed by atoms with Crippen molar-refractivity contribution in [3.8, 4) is 0 Å². The Balaban J connectivity index is 1.98. The minimum Gasteiger partial charge on any atom is -0.337 e. The van der Waals surface area contributed by atoms with Crippen LogP contribution in [0, 0.1) is 0 Å². The fraction of sp³-hybridized carbons (Fsp3) is 0.917. The Morgan fingerprint density at radius 1 is 1.07 bits per heavy atom. The molecule has 1 saturated heterocycles. The third kappa shape index (κ3) is 2.51. The Morgan fingerprint density at radius 3 is 2.33 bits per heavy atom. The van der Waals surface area contributed by atoms with Crippen LogP contribution in [0.25, 0.3) is 0 Å². The molecule has 15 heavy (non-hydrogen) atoms. The van der Waals surface area contributed by atoms with Gasteiger partial charge in [0.1, 0.15) is 0 Å². The zero-order valence-corrected chi connectivity index (χ0v) is 9.67. The molecular formula is C12H22N2O. The Labute approximate surface area is 92.2 Å². The van der Waals surface area contributed by atoms with Gasteiger partial charge in [-0.1, -0.05) is 0 Å². The molecule has 1 saturated carbocycles. The highest BCUT2D eigenvalue weighted by molar-refractivity contribution is 5.74. The number of nitrogens with one attached hydrogen (secondary N) is 1.